The molecule has 4 aromatic rings. The van der Waals surface area contributed by atoms with Crippen LogP contribution in [0, 0.1) is 11.6 Å². The van der Waals surface area contributed by atoms with E-state index in [1.54, 1.807) is 12.1 Å². The van der Waals surface area contributed by atoms with Gasteiger partial charge in [-0.25, -0.2) is 27.2 Å². The average molecular weight is 481 g/mol. The summed E-state index contributed by atoms with van der Waals surface area (Å²) >= 11 is 11.8. The van der Waals surface area contributed by atoms with Gasteiger partial charge in [-0.2, -0.15) is 0 Å². The van der Waals surface area contributed by atoms with E-state index in [4.69, 9.17) is 28.9 Å². The van der Waals surface area contributed by atoms with Crippen molar-refractivity contribution < 1.29 is 17.2 Å². The van der Waals surface area contributed by atoms with Crippen molar-refractivity contribution in [3.8, 4) is 11.1 Å². The second-order valence-corrected chi connectivity index (χ2v) is 8.92. The standard InChI is InChI=1S/C20H12Cl2F2N4O2S/c21-10-4-5-12(22)16(8-10)31(29,30)28-15-7-6-13(23)17(19(15)24)11-2-1-3-14-18(11)20(25)27-9-26-14/h1-9,28H,(H2,25,26,27). The van der Waals surface area contributed by atoms with Crippen LogP contribution in [0.4, 0.5) is 20.3 Å². The van der Waals surface area contributed by atoms with Crippen LogP contribution in [0.25, 0.3) is 22.0 Å². The molecule has 1 aromatic heterocycles. The van der Waals surface area contributed by atoms with Gasteiger partial charge in [0, 0.05) is 10.6 Å². The molecule has 6 nitrogen and oxygen atoms in total. The van der Waals surface area contributed by atoms with Crippen LogP contribution >= 0.6 is 23.2 Å². The van der Waals surface area contributed by atoms with Crippen molar-refractivity contribution in [1.29, 1.82) is 0 Å². The van der Waals surface area contributed by atoms with E-state index in [-0.39, 0.29) is 31.7 Å². The number of nitrogens with zero attached hydrogens (tertiary/aromatic N) is 2. The van der Waals surface area contributed by atoms with Crippen molar-refractivity contribution >= 4 is 55.6 Å². The van der Waals surface area contributed by atoms with Crippen LogP contribution < -0.4 is 10.5 Å². The first-order chi connectivity index (χ1) is 14.7. The molecule has 0 bridgehead atoms. The molecule has 0 aliphatic heterocycles. The number of hydrogen-bond acceptors (Lipinski definition) is 5. The fourth-order valence-electron chi connectivity index (χ4n) is 3.10. The Balaban J connectivity index is 1.88. The van der Waals surface area contributed by atoms with E-state index in [0.717, 1.165) is 18.2 Å². The summed E-state index contributed by atoms with van der Waals surface area (Å²) in [5.74, 6) is -2.04. The molecule has 0 unspecified atom stereocenters. The maximum Gasteiger partial charge on any atom is 0.263 e. The molecule has 0 saturated carbocycles. The van der Waals surface area contributed by atoms with E-state index in [1.165, 1.54) is 24.5 Å². The summed E-state index contributed by atoms with van der Waals surface area (Å²) in [5.41, 5.74) is 5.39. The third-order valence-electron chi connectivity index (χ3n) is 4.48. The molecule has 11 heteroatoms. The fourth-order valence-corrected chi connectivity index (χ4v) is 4.93. The van der Waals surface area contributed by atoms with Gasteiger partial charge < -0.3 is 5.73 Å². The van der Waals surface area contributed by atoms with Gasteiger partial charge in [-0.05, 0) is 36.4 Å². The lowest BCUT2D eigenvalue weighted by Crippen LogP contribution is -2.15. The summed E-state index contributed by atoms with van der Waals surface area (Å²) in [4.78, 5) is 7.58. The number of halogens is 4. The van der Waals surface area contributed by atoms with Crippen molar-refractivity contribution in [1.82, 2.24) is 9.97 Å². The fraction of sp³-hybridized carbons (Fsp3) is 0. The Morgan fingerprint density at radius 1 is 1.00 bits per heavy atom. The molecule has 3 N–H and O–H groups in total. The number of nitrogens with two attached hydrogens (primary N) is 1. The Labute approximate surface area is 185 Å². The number of nitrogen functional groups attached to an aromatic ring is 1. The molecule has 1 heterocycles. The van der Waals surface area contributed by atoms with E-state index in [2.05, 4.69) is 14.7 Å². The summed E-state index contributed by atoms with van der Waals surface area (Å²) in [6.45, 7) is 0. The lowest BCUT2D eigenvalue weighted by molar-refractivity contribution is 0.588. The second-order valence-electron chi connectivity index (χ2n) is 6.42. The summed E-state index contributed by atoms with van der Waals surface area (Å²) in [6.07, 6.45) is 1.23. The highest BCUT2D eigenvalue weighted by Gasteiger charge is 2.24. The lowest BCUT2D eigenvalue weighted by Gasteiger charge is -2.15. The molecule has 0 saturated heterocycles. The van der Waals surface area contributed by atoms with Crippen LogP contribution in [-0.4, -0.2) is 18.4 Å². The highest BCUT2D eigenvalue weighted by Crippen LogP contribution is 2.37. The maximum absolute atomic E-state index is 15.4. The zero-order valence-corrected chi connectivity index (χ0v) is 17.7. The third-order valence-corrected chi connectivity index (χ3v) is 6.56. The summed E-state index contributed by atoms with van der Waals surface area (Å²) in [6, 6.07) is 10.3. The summed E-state index contributed by atoms with van der Waals surface area (Å²) < 4.78 is 57.7. The molecule has 0 aliphatic carbocycles. The topological polar surface area (TPSA) is 98.0 Å². The van der Waals surface area contributed by atoms with Gasteiger partial charge in [-0.15, -0.1) is 0 Å². The molecule has 0 spiro atoms. The number of anilines is 2. The molecule has 0 amide bonds. The van der Waals surface area contributed by atoms with Gasteiger partial charge in [-0.1, -0.05) is 35.3 Å². The number of hydrogen-bond donors (Lipinski definition) is 2. The zero-order valence-electron chi connectivity index (χ0n) is 15.4. The van der Waals surface area contributed by atoms with Crippen LogP contribution in [0.3, 0.4) is 0 Å². The third kappa shape index (κ3) is 3.87. The predicted octanol–water partition coefficient (Wildman–Crippen LogP) is 5.26. The minimum atomic E-state index is -4.33. The summed E-state index contributed by atoms with van der Waals surface area (Å²) in [5, 5.41) is 0.246. The van der Waals surface area contributed by atoms with Gasteiger partial charge in [0.2, 0.25) is 0 Å². The van der Waals surface area contributed by atoms with Gasteiger partial charge in [0.25, 0.3) is 10.0 Å². The molecule has 0 radical (unpaired) electrons. The molecular formula is C20H12Cl2F2N4O2S. The smallest absolute Gasteiger partial charge is 0.263 e. The van der Waals surface area contributed by atoms with E-state index in [0.29, 0.717) is 5.52 Å². The first-order valence-corrected chi connectivity index (χ1v) is 10.9. The summed E-state index contributed by atoms with van der Waals surface area (Å²) in [7, 11) is -4.33. The maximum atomic E-state index is 15.4. The Morgan fingerprint density at radius 2 is 1.77 bits per heavy atom. The van der Waals surface area contributed by atoms with E-state index in [9.17, 15) is 12.8 Å². The van der Waals surface area contributed by atoms with Gasteiger partial charge in [0.15, 0.2) is 5.82 Å². The Hall–Kier alpha value is -3.01. The number of rotatable bonds is 4. The Bertz CT molecular complexity index is 1440. The quantitative estimate of drug-likeness (QED) is 0.414. The molecule has 31 heavy (non-hydrogen) atoms. The van der Waals surface area contributed by atoms with Crippen LogP contribution in [0.5, 0.6) is 0 Å². The Morgan fingerprint density at radius 3 is 2.55 bits per heavy atom. The van der Waals surface area contributed by atoms with Crippen LogP contribution in [0.15, 0.2) is 59.8 Å². The first-order valence-electron chi connectivity index (χ1n) is 8.64. The molecule has 0 aliphatic rings. The number of nitrogens with one attached hydrogen (secondary N) is 1. The number of fused-ring (bicyclic) bond motifs is 1. The molecule has 0 atom stereocenters. The van der Waals surface area contributed by atoms with Gasteiger partial charge in [0.1, 0.15) is 22.9 Å². The van der Waals surface area contributed by atoms with Crippen molar-refractivity contribution in [3.05, 3.63) is 76.5 Å². The van der Waals surface area contributed by atoms with Crippen molar-refractivity contribution in [2.45, 2.75) is 4.90 Å². The molecule has 158 valence electrons. The van der Waals surface area contributed by atoms with Crippen LogP contribution in [-0.2, 0) is 10.0 Å². The van der Waals surface area contributed by atoms with Crippen molar-refractivity contribution in [3.63, 3.8) is 0 Å². The van der Waals surface area contributed by atoms with Gasteiger partial charge in [0.05, 0.1) is 27.2 Å². The number of sulfonamides is 1. The van der Waals surface area contributed by atoms with Crippen molar-refractivity contribution in [2.75, 3.05) is 10.5 Å². The van der Waals surface area contributed by atoms with E-state index in [1.807, 2.05) is 0 Å². The lowest BCUT2D eigenvalue weighted by atomic mass is 9.99. The monoisotopic (exact) mass is 480 g/mol. The predicted molar refractivity (Wildman–Crippen MR) is 117 cm³/mol. The molecule has 4 rings (SSSR count). The SMILES string of the molecule is Nc1ncnc2cccc(-c3c(F)ccc(NS(=O)(=O)c4cc(Cl)ccc4Cl)c3F)c12. The van der Waals surface area contributed by atoms with E-state index >= 15 is 4.39 Å². The Kier molecular flexibility index (Phi) is 5.42. The number of aromatic nitrogens is 2. The number of benzene rings is 3. The van der Waals surface area contributed by atoms with Crippen LogP contribution in [0.2, 0.25) is 10.0 Å². The minimum Gasteiger partial charge on any atom is -0.383 e. The largest absolute Gasteiger partial charge is 0.383 e. The van der Waals surface area contributed by atoms with E-state index < -0.39 is 32.9 Å². The highest BCUT2D eigenvalue weighted by molar-refractivity contribution is 7.92. The second kappa shape index (κ2) is 7.92. The zero-order chi connectivity index (χ0) is 22.3. The highest BCUT2D eigenvalue weighted by atomic mass is 35.5. The molecule has 0 fully saturated rings. The van der Waals surface area contributed by atoms with Crippen LogP contribution in [0.1, 0.15) is 0 Å². The van der Waals surface area contributed by atoms with Crippen molar-refractivity contribution in [2.24, 2.45) is 0 Å². The van der Waals surface area contributed by atoms with Gasteiger partial charge >= 0.3 is 0 Å². The average Bonchev–Trinajstić information content (AvgIpc) is 2.72. The minimum absolute atomic E-state index is 0.0242. The van der Waals surface area contributed by atoms with Gasteiger partial charge in [-0.3, -0.25) is 4.72 Å². The molecule has 3 aromatic carbocycles. The molecular weight excluding hydrogens is 469 g/mol. The normalized spacial score (nSPS) is 11.6. The first kappa shape index (κ1) is 21.2.